The van der Waals surface area contributed by atoms with E-state index in [2.05, 4.69) is 11.8 Å². The summed E-state index contributed by atoms with van der Waals surface area (Å²) in [5.74, 6) is 0.924. The first-order valence-corrected chi connectivity index (χ1v) is 10.8. The molecule has 0 aliphatic rings. The molecule has 6 nitrogen and oxygen atoms in total. The number of fused-ring (bicyclic) bond motifs is 2. The molecule has 0 spiro atoms. The third-order valence-corrected chi connectivity index (χ3v) is 5.53. The molecule has 0 fully saturated rings. The first-order chi connectivity index (χ1) is 14.3. The van der Waals surface area contributed by atoms with Crippen molar-refractivity contribution >= 4 is 39.5 Å². The molecule has 0 unspecified atom stereocenters. The minimum absolute atomic E-state index is 0.128. The lowest BCUT2D eigenvalue weighted by Gasteiger charge is -2.20. The number of esters is 1. The van der Waals surface area contributed by atoms with Gasteiger partial charge in [0.25, 0.3) is 0 Å². The van der Waals surface area contributed by atoms with Crippen LogP contribution in [0.15, 0.2) is 25.8 Å². The number of halogens is 1. The maximum absolute atomic E-state index is 12.5. The Labute approximate surface area is 180 Å². The van der Waals surface area contributed by atoms with E-state index in [1.165, 1.54) is 6.07 Å². The monoisotopic (exact) mass is 433 g/mol. The highest BCUT2D eigenvalue weighted by atomic mass is 35.5. The van der Waals surface area contributed by atoms with Gasteiger partial charge in [0, 0.05) is 46.9 Å². The third kappa shape index (κ3) is 4.71. The molecule has 2 aromatic heterocycles. The van der Waals surface area contributed by atoms with Crippen molar-refractivity contribution in [2.75, 3.05) is 32.1 Å². The zero-order valence-corrected chi connectivity index (χ0v) is 18.7. The predicted octanol–water partition coefficient (Wildman–Crippen LogP) is 4.50. The Morgan fingerprint density at radius 1 is 1.07 bits per heavy atom. The maximum atomic E-state index is 12.5. The lowest BCUT2D eigenvalue weighted by molar-refractivity contribution is -0.143. The Bertz CT molecular complexity index is 1110. The molecule has 0 saturated carbocycles. The van der Waals surface area contributed by atoms with Crippen molar-refractivity contribution in [2.45, 2.75) is 40.5 Å². The highest BCUT2D eigenvalue weighted by Crippen LogP contribution is 2.34. The van der Waals surface area contributed by atoms with Gasteiger partial charge in [-0.1, -0.05) is 6.92 Å². The molecule has 0 N–H and O–H groups in total. The number of hydrogen-bond donors (Lipinski definition) is 0. The summed E-state index contributed by atoms with van der Waals surface area (Å²) in [6.45, 7) is 10.4. The summed E-state index contributed by atoms with van der Waals surface area (Å²) in [5.41, 5.74) is 3.15. The third-order valence-electron chi connectivity index (χ3n) is 5.36. The minimum atomic E-state index is -0.388. The van der Waals surface area contributed by atoms with Crippen LogP contribution in [0.5, 0.6) is 0 Å². The van der Waals surface area contributed by atoms with Crippen LogP contribution < -0.4 is 5.63 Å². The fraction of sp³-hybridized carbons (Fsp3) is 0.478. The molecule has 0 bridgehead atoms. The molecule has 2 heterocycles. The number of benzene rings is 1. The van der Waals surface area contributed by atoms with Gasteiger partial charge in [-0.15, -0.1) is 11.6 Å². The maximum Gasteiger partial charge on any atom is 0.336 e. The zero-order valence-electron chi connectivity index (χ0n) is 18.0. The van der Waals surface area contributed by atoms with Gasteiger partial charge in [0.05, 0.1) is 6.42 Å². The molecule has 0 amide bonds. The molecule has 3 aromatic rings. The van der Waals surface area contributed by atoms with Crippen LogP contribution in [0.25, 0.3) is 21.9 Å². The van der Waals surface area contributed by atoms with E-state index in [4.69, 9.17) is 25.2 Å². The second-order valence-electron chi connectivity index (χ2n) is 7.57. The van der Waals surface area contributed by atoms with Gasteiger partial charge in [0.2, 0.25) is 0 Å². The number of furan rings is 1. The highest BCUT2D eigenvalue weighted by Gasteiger charge is 2.20. The summed E-state index contributed by atoms with van der Waals surface area (Å²) in [4.78, 5) is 26.5. The number of ether oxygens (including phenoxy) is 1. The number of rotatable bonds is 9. The van der Waals surface area contributed by atoms with E-state index in [0.717, 1.165) is 47.0 Å². The molecule has 0 atom stereocenters. The van der Waals surface area contributed by atoms with Gasteiger partial charge in [0.1, 0.15) is 23.5 Å². The Morgan fingerprint density at radius 2 is 1.80 bits per heavy atom. The topological polar surface area (TPSA) is 72.9 Å². The molecule has 162 valence electrons. The van der Waals surface area contributed by atoms with Crippen molar-refractivity contribution in [1.82, 2.24) is 4.90 Å². The minimum Gasteiger partial charge on any atom is -0.464 e. The molecule has 0 saturated heterocycles. The lowest BCUT2D eigenvalue weighted by atomic mass is 10.0. The normalized spacial score (nSPS) is 11.7. The van der Waals surface area contributed by atoms with Crippen LogP contribution in [0.3, 0.4) is 0 Å². The summed E-state index contributed by atoms with van der Waals surface area (Å²) < 4.78 is 16.8. The van der Waals surface area contributed by atoms with Gasteiger partial charge >= 0.3 is 11.6 Å². The van der Waals surface area contributed by atoms with Gasteiger partial charge in [-0.2, -0.15) is 0 Å². The van der Waals surface area contributed by atoms with Crippen molar-refractivity contribution in [2.24, 2.45) is 0 Å². The average Bonchev–Trinajstić information content (AvgIpc) is 2.99. The first kappa shape index (κ1) is 22.4. The number of nitrogens with zero attached hydrogens (tertiary/aromatic N) is 1. The van der Waals surface area contributed by atoms with E-state index >= 15 is 0 Å². The van der Waals surface area contributed by atoms with E-state index < -0.39 is 0 Å². The van der Waals surface area contributed by atoms with Crippen molar-refractivity contribution in [1.29, 1.82) is 0 Å². The second kappa shape index (κ2) is 9.67. The molecule has 3 rings (SSSR count). The van der Waals surface area contributed by atoms with Gasteiger partial charge in [-0.25, -0.2) is 4.79 Å². The number of hydrogen-bond acceptors (Lipinski definition) is 6. The predicted molar refractivity (Wildman–Crippen MR) is 119 cm³/mol. The number of aryl methyl sites for hydroxylation is 3. The molecule has 7 heteroatoms. The van der Waals surface area contributed by atoms with Gasteiger partial charge < -0.3 is 13.6 Å². The Hall–Kier alpha value is -2.31. The summed E-state index contributed by atoms with van der Waals surface area (Å²) in [5, 5.41) is 1.69. The van der Waals surface area contributed by atoms with Gasteiger partial charge in [-0.3, -0.25) is 9.69 Å². The smallest absolute Gasteiger partial charge is 0.336 e. The SMILES string of the molecule is CCCN(CCCl)CCOC(=O)Cc1c(C)oc2c(C)c3oc(=O)cc(C)c3cc12. The lowest BCUT2D eigenvalue weighted by Crippen LogP contribution is -2.31. The summed E-state index contributed by atoms with van der Waals surface area (Å²) in [7, 11) is 0. The molecule has 1 aromatic carbocycles. The largest absolute Gasteiger partial charge is 0.464 e. The summed E-state index contributed by atoms with van der Waals surface area (Å²) in [6, 6.07) is 3.40. The van der Waals surface area contributed by atoms with Crippen LogP contribution in [-0.4, -0.2) is 43.0 Å². The molecule has 30 heavy (non-hydrogen) atoms. The summed E-state index contributed by atoms with van der Waals surface area (Å²) >= 11 is 5.83. The van der Waals surface area contributed by atoms with Crippen LogP contribution in [0.4, 0.5) is 0 Å². The number of carbonyl (C=O) groups is 1. The van der Waals surface area contributed by atoms with Crippen LogP contribution in [-0.2, 0) is 16.0 Å². The van der Waals surface area contributed by atoms with Crippen LogP contribution in [0.1, 0.15) is 35.8 Å². The quantitative estimate of drug-likeness (QED) is 0.281. The van der Waals surface area contributed by atoms with E-state index in [1.807, 2.05) is 26.8 Å². The highest BCUT2D eigenvalue weighted by molar-refractivity contribution is 6.18. The van der Waals surface area contributed by atoms with E-state index in [9.17, 15) is 9.59 Å². The molecule has 0 aliphatic carbocycles. The Kier molecular flexibility index (Phi) is 7.21. The average molecular weight is 434 g/mol. The first-order valence-electron chi connectivity index (χ1n) is 10.3. The van der Waals surface area contributed by atoms with Gasteiger partial charge in [-0.05, 0) is 45.4 Å². The number of carbonyl (C=O) groups excluding carboxylic acids is 1. The Balaban J connectivity index is 1.81. The fourth-order valence-electron chi connectivity index (χ4n) is 3.83. The molecule has 0 aliphatic heterocycles. The van der Waals surface area contributed by atoms with Crippen LogP contribution in [0.2, 0.25) is 0 Å². The summed E-state index contributed by atoms with van der Waals surface area (Å²) in [6.07, 6.45) is 1.15. The van der Waals surface area contributed by atoms with E-state index in [0.29, 0.717) is 36.0 Å². The molecular weight excluding hydrogens is 406 g/mol. The van der Waals surface area contributed by atoms with Crippen molar-refractivity contribution in [3.05, 3.63) is 45.0 Å². The van der Waals surface area contributed by atoms with Crippen LogP contribution >= 0.6 is 11.6 Å². The van der Waals surface area contributed by atoms with Crippen molar-refractivity contribution in [3.63, 3.8) is 0 Å². The van der Waals surface area contributed by atoms with Crippen molar-refractivity contribution in [3.8, 4) is 0 Å². The molecular formula is C23H28ClNO5. The zero-order chi connectivity index (χ0) is 21.8. The van der Waals surface area contributed by atoms with E-state index in [-0.39, 0.29) is 18.0 Å². The molecule has 0 radical (unpaired) electrons. The fourth-order valence-corrected chi connectivity index (χ4v) is 4.07. The number of alkyl halides is 1. The Morgan fingerprint density at radius 3 is 2.50 bits per heavy atom. The van der Waals surface area contributed by atoms with E-state index in [1.54, 1.807) is 0 Å². The standard InChI is InChI=1S/C23H28ClNO5/c1-5-7-25(8-6-24)9-10-28-20(26)13-18-16(4)29-23-15(3)22-17(12-19(18)23)14(2)11-21(27)30-22/h11-12H,5-10,13H2,1-4H3. The van der Waals surface area contributed by atoms with Crippen LogP contribution in [0, 0.1) is 20.8 Å². The van der Waals surface area contributed by atoms with Gasteiger partial charge in [0.15, 0.2) is 0 Å². The van der Waals surface area contributed by atoms with Crippen molar-refractivity contribution < 1.29 is 18.4 Å². The second-order valence-corrected chi connectivity index (χ2v) is 7.95.